The van der Waals surface area contributed by atoms with Gasteiger partial charge in [0.1, 0.15) is 0 Å². The van der Waals surface area contributed by atoms with Crippen LogP contribution in [0.4, 0.5) is 0 Å². The summed E-state index contributed by atoms with van der Waals surface area (Å²) in [5.41, 5.74) is 0.238. The summed E-state index contributed by atoms with van der Waals surface area (Å²) < 4.78 is 0. The van der Waals surface area contributed by atoms with E-state index in [-0.39, 0.29) is 5.54 Å². The van der Waals surface area contributed by atoms with Crippen LogP contribution < -0.4 is 10.6 Å². The normalized spacial score (nSPS) is 21.6. The van der Waals surface area contributed by atoms with Gasteiger partial charge in [0.2, 0.25) is 0 Å². The molecule has 0 spiro atoms. The van der Waals surface area contributed by atoms with Gasteiger partial charge in [-0.05, 0) is 72.8 Å². The van der Waals surface area contributed by atoms with Gasteiger partial charge in [-0.3, -0.25) is 9.89 Å². The van der Waals surface area contributed by atoms with E-state index in [4.69, 9.17) is 4.99 Å². The van der Waals surface area contributed by atoms with E-state index >= 15 is 0 Å². The van der Waals surface area contributed by atoms with Crippen molar-refractivity contribution in [2.24, 2.45) is 4.99 Å². The molecule has 7 heteroatoms. The van der Waals surface area contributed by atoms with Crippen LogP contribution in [0.2, 0.25) is 0 Å². The number of likely N-dealkylation sites (tertiary alicyclic amines) is 2. The van der Waals surface area contributed by atoms with Crippen molar-refractivity contribution in [2.45, 2.75) is 57.9 Å². The summed E-state index contributed by atoms with van der Waals surface area (Å²) in [5.74, 6) is 0.950. The van der Waals surface area contributed by atoms with Crippen molar-refractivity contribution in [1.29, 1.82) is 0 Å². The highest BCUT2D eigenvalue weighted by atomic mass is 32.1. The molecule has 1 aromatic heterocycles. The van der Waals surface area contributed by atoms with Crippen molar-refractivity contribution in [3.05, 3.63) is 16.1 Å². The highest BCUT2D eigenvalue weighted by Gasteiger charge is 2.39. The molecule has 0 radical (unpaired) electrons. The molecule has 0 bridgehead atoms. The number of aliphatic imine (C=N–C) groups is 1. The minimum atomic E-state index is 0.238. The molecule has 6 nitrogen and oxygen atoms in total. The lowest BCUT2D eigenvalue weighted by Gasteiger charge is -2.49. The Hall–Kier alpha value is -1.18. The van der Waals surface area contributed by atoms with Crippen LogP contribution in [0.25, 0.3) is 0 Å². The highest BCUT2D eigenvalue weighted by molar-refractivity contribution is 7.11. The monoisotopic (exact) mass is 406 g/mol. The van der Waals surface area contributed by atoms with Gasteiger partial charge >= 0.3 is 0 Å². The summed E-state index contributed by atoms with van der Waals surface area (Å²) >= 11 is 1.78. The first-order valence-corrected chi connectivity index (χ1v) is 11.8. The summed E-state index contributed by atoms with van der Waals surface area (Å²) in [6.07, 6.45) is 9.43. The molecule has 2 aliphatic rings. The number of hydrogen-bond donors (Lipinski definition) is 2. The van der Waals surface area contributed by atoms with Crippen LogP contribution in [0.15, 0.2) is 11.2 Å². The van der Waals surface area contributed by atoms with E-state index in [1.807, 2.05) is 6.20 Å². The quantitative estimate of drug-likeness (QED) is 0.538. The second-order valence-electron chi connectivity index (χ2n) is 8.31. The summed E-state index contributed by atoms with van der Waals surface area (Å²) in [6, 6.07) is 0. The maximum Gasteiger partial charge on any atom is 0.191 e. The van der Waals surface area contributed by atoms with Crippen LogP contribution in [0.1, 0.15) is 48.9 Å². The Kier molecular flexibility index (Phi) is 8.11. The molecule has 0 saturated carbocycles. The third-order valence-electron chi connectivity index (χ3n) is 6.12. The molecule has 0 aromatic carbocycles. The fourth-order valence-electron chi connectivity index (χ4n) is 4.35. The van der Waals surface area contributed by atoms with Crippen molar-refractivity contribution in [2.75, 3.05) is 52.9 Å². The van der Waals surface area contributed by atoms with E-state index < -0.39 is 0 Å². The zero-order chi connectivity index (χ0) is 19.8. The predicted octanol–water partition coefficient (Wildman–Crippen LogP) is 2.50. The molecule has 0 atom stereocenters. The van der Waals surface area contributed by atoms with E-state index in [1.54, 1.807) is 11.3 Å². The number of rotatable bonds is 7. The number of guanidine groups is 1. The van der Waals surface area contributed by atoms with Crippen molar-refractivity contribution < 1.29 is 0 Å². The van der Waals surface area contributed by atoms with Gasteiger partial charge in [-0.25, -0.2) is 4.98 Å². The molecule has 28 heavy (non-hydrogen) atoms. The average Bonchev–Trinajstić information content (AvgIpc) is 3.13. The maximum absolute atomic E-state index is 5.06. The standard InChI is InChI=1S/C21H38N6S/c1-4-22-20(23-11-8-19-24-16-18(2)28-19)25-17-21(9-14-26(3)15-10-21)27-12-6-5-7-13-27/h16H,4-15,17H2,1-3H3,(H2,22,23,25). The van der Waals surface area contributed by atoms with Gasteiger partial charge in [0.15, 0.2) is 5.96 Å². The van der Waals surface area contributed by atoms with Gasteiger partial charge in [-0.1, -0.05) is 6.42 Å². The molecule has 0 aliphatic carbocycles. The molecule has 0 unspecified atom stereocenters. The topological polar surface area (TPSA) is 55.8 Å². The SMILES string of the molecule is CCNC(=NCC1(N2CCCCC2)CCN(C)CC1)NCCc1ncc(C)s1. The molecule has 2 aliphatic heterocycles. The Morgan fingerprint density at radius 1 is 1.18 bits per heavy atom. The van der Waals surface area contributed by atoms with Gasteiger partial charge in [-0.15, -0.1) is 11.3 Å². The molecule has 2 fully saturated rings. The summed E-state index contributed by atoms with van der Waals surface area (Å²) in [6.45, 7) is 11.8. The number of nitrogens with one attached hydrogen (secondary N) is 2. The number of nitrogens with zero attached hydrogens (tertiary/aromatic N) is 4. The molecule has 3 heterocycles. The minimum Gasteiger partial charge on any atom is -0.357 e. The zero-order valence-electron chi connectivity index (χ0n) is 18.0. The Morgan fingerprint density at radius 3 is 2.57 bits per heavy atom. The molecule has 3 rings (SSSR count). The molecule has 1 aromatic rings. The first-order chi connectivity index (χ1) is 13.6. The Bertz CT molecular complexity index is 614. The first-order valence-electron chi connectivity index (χ1n) is 11.0. The van der Waals surface area contributed by atoms with Gasteiger partial charge in [-0.2, -0.15) is 0 Å². The summed E-state index contributed by atoms with van der Waals surface area (Å²) in [5, 5.41) is 8.15. The van der Waals surface area contributed by atoms with Crippen LogP contribution in [0.3, 0.4) is 0 Å². The van der Waals surface area contributed by atoms with E-state index in [2.05, 4.69) is 46.3 Å². The van der Waals surface area contributed by atoms with Crippen LogP contribution in [0, 0.1) is 6.92 Å². The lowest BCUT2D eigenvalue weighted by Crippen LogP contribution is -2.58. The van der Waals surface area contributed by atoms with E-state index in [0.717, 1.165) is 32.0 Å². The van der Waals surface area contributed by atoms with Gasteiger partial charge in [0.25, 0.3) is 0 Å². The molecule has 158 valence electrons. The third kappa shape index (κ3) is 5.91. The molecule has 0 amide bonds. The largest absolute Gasteiger partial charge is 0.357 e. The number of piperidine rings is 2. The summed E-state index contributed by atoms with van der Waals surface area (Å²) in [4.78, 5) is 16.0. The van der Waals surface area contributed by atoms with E-state index in [1.165, 1.54) is 68.2 Å². The van der Waals surface area contributed by atoms with Crippen LogP contribution in [-0.2, 0) is 6.42 Å². The van der Waals surface area contributed by atoms with Crippen LogP contribution >= 0.6 is 11.3 Å². The zero-order valence-corrected chi connectivity index (χ0v) is 18.8. The van der Waals surface area contributed by atoms with Crippen molar-refractivity contribution in [1.82, 2.24) is 25.4 Å². The van der Waals surface area contributed by atoms with Crippen LogP contribution in [0.5, 0.6) is 0 Å². The third-order valence-corrected chi connectivity index (χ3v) is 7.09. The number of thiazole rings is 1. The second-order valence-corrected chi connectivity index (χ2v) is 9.63. The van der Waals surface area contributed by atoms with Gasteiger partial charge in [0, 0.05) is 36.1 Å². The van der Waals surface area contributed by atoms with Gasteiger partial charge in [0.05, 0.1) is 11.6 Å². The van der Waals surface area contributed by atoms with Crippen molar-refractivity contribution in [3.63, 3.8) is 0 Å². The predicted molar refractivity (Wildman–Crippen MR) is 119 cm³/mol. The number of hydrogen-bond acceptors (Lipinski definition) is 5. The second kappa shape index (κ2) is 10.6. The van der Waals surface area contributed by atoms with Crippen LogP contribution in [-0.4, -0.2) is 79.1 Å². The number of aryl methyl sites for hydroxylation is 1. The van der Waals surface area contributed by atoms with Crippen molar-refractivity contribution >= 4 is 17.3 Å². The first kappa shape index (κ1) is 21.5. The number of aromatic nitrogens is 1. The fraction of sp³-hybridized carbons (Fsp3) is 0.810. The Balaban J connectivity index is 1.61. The molecule has 2 N–H and O–H groups in total. The maximum atomic E-state index is 5.06. The average molecular weight is 407 g/mol. The smallest absolute Gasteiger partial charge is 0.191 e. The Labute approximate surface area is 174 Å². The lowest BCUT2D eigenvalue weighted by molar-refractivity contribution is 0.0208. The lowest BCUT2D eigenvalue weighted by atomic mass is 9.84. The molecular weight excluding hydrogens is 368 g/mol. The van der Waals surface area contributed by atoms with E-state index in [9.17, 15) is 0 Å². The van der Waals surface area contributed by atoms with Gasteiger partial charge < -0.3 is 15.5 Å². The highest BCUT2D eigenvalue weighted by Crippen LogP contribution is 2.31. The minimum absolute atomic E-state index is 0.238. The Morgan fingerprint density at radius 2 is 1.93 bits per heavy atom. The van der Waals surface area contributed by atoms with E-state index in [0.29, 0.717) is 0 Å². The van der Waals surface area contributed by atoms with Crippen molar-refractivity contribution in [3.8, 4) is 0 Å². The molecular formula is C21H38N6S. The fourth-order valence-corrected chi connectivity index (χ4v) is 5.14. The summed E-state index contributed by atoms with van der Waals surface area (Å²) in [7, 11) is 2.25. The molecule has 2 saturated heterocycles.